The molecule has 0 spiro atoms. The monoisotopic (exact) mass is 362 g/mol. The van der Waals surface area contributed by atoms with Crippen LogP contribution in [0.2, 0.25) is 0 Å². The summed E-state index contributed by atoms with van der Waals surface area (Å²) in [5, 5.41) is 3.15. The van der Waals surface area contributed by atoms with Gasteiger partial charge < -0.3 is 9.73 Å². The first-order valence-corrected chi connectivity index (χ1v) is 7.23. The Labute approximate surface area is 128 Å². The predicted octanol–water partition coefficient (Wildman–Crippen LogP) is 4.62. The van der Waals surface area contributed by atoms with Crippen molar-refractivity contribution in [3.63, 3.8) is 0 Å². The molecule has 0 aliphatic heterocycles. The molecule has 0 aliphatic rings. The van der Waals surface area contributed by atoms with Crippen LogP contribution < -0.4 is 5.32 Å². The first-order chi connectivity index (χ1) is 9.91. The molecule has 0 fully saturated rings. The molecule has 2 rings (SSSR count). The molecule has 3 nitrogen and oxygen atoms in total. The lowest BCUT2D eigenvalue weighted by Crippen LogP contribution is -2.13. The maximum absolute atomic E-state index is 12.7. The van der Waals surface area contributed by atoms with Gasteiger partial charge in [-0.2, -0.15) is 13.2 Å². The molecule has 114 valence electrons. The Morgan fingerprint density at radius 1 is 1.33 bits per heavy atom. The minimum absolute atomic E-state index is 0.168. The zero-order valence-electron chi connectivity index (χ0n) is 11.3. The third-order valence-corrected chi connectivity index (χ3v) is 3.50. The molecule has 0 unspecified atom stereocenters. The molecule has 0 aliphatic carbocycles. The van der Waals surface area contributed by atoms with E-state index in [1.54, 1.807) is 0 Å². The first kappa shape index (κ1) is 16.0. The molecule has 0 radical (unpaired) electrons. The van der Waals surface area contributed by atoms with Gasteiger partial charge in [0.15, 0.2) is 0 Å². The highest BCUT2D eigenvalue weighted by molar-refractivity contribution is 9.10. The summed E-state index contributed by atoms with van der Waals surface area (Å²) in [5.41, 5.74) is 0.207. The van der Waals surface area contributed by atoms with Gasteiger partial charge in [-0.15, -0.1) is 0 Å². The van der Waals surface area contributed by atoms with E-state index in [1.807, 2.05) is 6.92 Å². The number of hydrogen-bond acceptors (Lipinski definition) is 3. The standard InChI is InChI=1S/C14H14BrF3N2O/c1-2-5-19-7-10-8-21-13(20-10)11-6-9(14(16,17)18)3-4-12(11)15/h3-4,6,8,19H,2,5,7H2,1H3. The van der Waals surface area contributed by atoms with E-state index in [0.29, 0.717) is 16.7 Å². The minimum atomic E-state index is -4.40. The first-order valence-electron chi connectivity index (χ1n) is 6.44. The van der Waals surface area contributed by atoms with Gasteiger partial charge in [0.25, 0.3) is 0 Å². The van der Waals surface area contributed by atoms with Crippen LogP contribution in [0, 0.1) is 0 Å². The van der Waals surface area contributed by atoms with Crippen molar-refractivity contribution < 1.29 is 17.6 Å². The van der Waals surface area contributed by atoms with E-state index in [2.05, 4.69) is 26.2 Å². The van der Waals surface area contributed by atoms with Crippen LogP contribution in [0.25, 0.3) is 11.5 Å². The SMILES string of the molecule is CCCNCc1coc(-c2cc(C(F)(F)F)ccc2Br)n1. The summed E-state index contributed by atoms with van der Waals surface area (Å²) in [4.78, 5) is 4.21. The summed E-state index contributed by atoms with van der Waals surface area (Å²) >= 11 is 3.22. The summed E-state index contributed by atoms with van der Waals surface area (Å²) in [7, 11) is 0. The predicted molar refractivity (Wildman–Crippen MR) is 76.6 cm³/mol. The van der Waals surface area contributed by atoms with E-state index in [9.17, 15) is 13.2 Å². The molecular formula is C14H14BrF3N2O. The van der Waals surface area contributed by atoms with E-state index in [4.69, 9.17) is 4.42 Å². The topological polar surface area (TPSA) is 38.1 Å². The van der Waals surface area contributed by atoms with Gasteiger partial charge in [0.05, 0.1) is 16.8 Å². The molecule has 0 atom stereocenters. The molecule has 1 aromatic heterocycles. The average Bonchev–Trinajstić information content (AvgIpc) is 2.87. The third-order valence-electron chi connectivity index (χ3n) is 2.81. The highest BCUT2D eigenvalue weighted by atomic mass is 79.9. The van der Waals surface area contributed by atoms with Gasteiger partial charge in [-0.3, -0.25) is 0 Å². The average molecular weight is 363 g/mol. The van der Waals surface area contributed by atoms with Crippen molar-refractivity contribution >= 4 is 15.9 Å². The number of nitrogens with one attached hydrogen (secondary N) is 1. The lowest BCUT2D eigenvalue weighted by Gasteiger charge is -2.08. The third kappa shape index (κ3) is 4.07. The Kier molecular flexibility index (Phi) is 5.05. The molecule has 2 aromatic rings. The van der Waals surface area contributed by atoms with E-state index < -0.39 is 11.7 Å². The molecule has 0 saturated carbocycles. The van der Waals surface area contributed by atoms with E-state index in [0.717, 1.165) is 25.1 Å². The normalized spacial score (nSPS) is 11.9. The number of nitrogens with zero attached hydrogens (tertiary/aromatic N) is 1. The summed E-state index contributed by atoms with van der Waals surface area (Å²) in [6.07, 6.45) is -1.96. The van der Waals surface area contributed by atoms with Crippen molar-refractivity contribution in [3.8, 4) is 11.5 Å². The smallest absolute Gasteiger partial charge is 0.416 e. The van der Waals surface area contributed by atoms with Gasteiger partial charge in [0.2, 0.25) is 5.89 Å². The maximum atomic E-state index is 12.7. The van der Waals surface area contributed by atoms with Crippen molar-refractivity contribution in [1.29, 1.82) is 0 Å². The number of rotatable bonds is 5. The molecule has 0 amide bonds. The van der Waals surface area contributed by atoms with Crippen LogP contribution in [0.1, 0.15) is 24.6 Å². The zero-order valence-corrected chi connectivity index (χ0v) is 12.9. The molecule has 7 heteroatoms. The lowest BCUT2D eigenvalue weighted by atomic mass is 10.1. The van der Waals surface area contributed by atoms with E-state index >= 15 is 0 Å². The van der Waals surface area contributed by atoms with Crippen molar-refractivity contribution in [3.05, 3.63) is 40.2 Å². The Morgan fingerprint density at radius 2 is 2.10 bits per heavy atom. The summed E-state index contributed by atoms with van der Waals surface area (Å²) < 4.78 is 44.0. The van der Waals surface area contributed by atoms with Crippen LogP contribution in [-0.4, -0.2) is 11.5 Å². The second-order valence-corrected chi connectivity index (χ2v) is 5.37. The van der Waals surface area contributed by atoms with Crippen LogP contribution in [0.15, 0.2) is 33.4 Å². The summed E-state index contributed by atoms with van der Waals surface area (Å²) in [5.74, 6) is 0.168. The molecule has 0 bridgehead atoms. The Bertz CT molecular complexity index is 611. The summed E-state index contributed by atoms with van der Waals surface area (Å²) in [6.45, 7) is 3.41. The maximum Gasteiger partial charge on any atom is 0.416 e. The largest absolute Gasteiger partial charge is 0.444 e. The van der Waals surface area contributed by atoms with Crippen molar-refractivity contribution in [2.24, 2.45) is 0 Å². The quantitative estimate of drug-likeness (QED) is 0.788. The molecular weight excluding hydrogens is 349 g/mol. The molecule has 1 N–H and O–H groups in total. The van der Waals surface area contributed by atoms with Gasteiger partial charge >= 0.3 is 6.18 Å². The van der Waals surface area contributed by atoms with Crippen molar-refractivity contribution in [1.82, 2.24) is 10.3 Å². The van der Waals surface area contributed by atoms with Crippen molar-refractivity contribution in [2.75, 3.05) is 6.54 Å². The summed E-state index contributed by atoms with van der Waals surface area (Å²) in [6, 6.07) is 3.39. The molecule has 21 heavy (non-hydrogen) atoms. The van der Waals surface area contributed by atoms with E-state index in [1.165, 1.54) is 12.3 Å². The van der Waals surface area contributed by atoms with E-state index in [-0.39, 0.29) is 11.5 Å². The van der Waals surface area contributed by atoms with Crippen molar-refractivity contribution in [2.45, 2.75) is 26.1 Å². The Hall–Kier alpha value is -1.34. The van der Waals surface area contributed by atoms with Crippen LogP contribution in [0.5, 0.6) is 0 Å². The number of oxazole rings is 1. The molecule has 0 saturated heterocycles. The second-order valence-electron chi connectivity index (χ2n) is 4.51. The van der Waals surface area contributed by atoms with Gasteiger partial charge in [-0.25, -0.2) is 4.98 Å². The lowest BCUT2D eigenvalue weighted by molar-refractivity contribution is -0.137. The zero-order chi connectivity index (χ0) is 15.5. The fourth-order valence-electron chi connectivity index (χ4n) is 1.77. The van der Waals surface area contributed by atoms with Crippen LogP contribution >= 0.6 is 15.9 Å². The van der Waals surface area contributed by atoms with Gasteiger partial charge in [-0.1, -0.05) is 6.92 Å². The van der Waals surface area contributed by atoms with Gasteiger partial charge in [-0.05, 0) is 47.1 Å². The number of benzene rings is 1. The fourth-order valence-corrected chi connectivity index (χ4v) is 2.19. The number of alkyl halides is 3. The number of hydrogen-bond donors (Lipinski definition) is 1. The number of aromatic nitrogens is 1. The fraction of sp³-hybridized carbons (Fsp3) is 0.357. The highest BCUT2D eigenvalue weighted by Gasteiger charge is 2.31. The van der Waals surface area contributed by atoms with Crippen LogP contribution in [0.4, 0.5) is 13.2 Å². The second kappa shape index (κ2) is 6.62. The Balaban J connectivity index is 2.25. The number of halogens is 4. The van der Waals surface area contributed by atoms with Gasteiger partial charge in [0, 0.05) is 11.0 Å². The van der Waals surface area contributed by atoms with Crippen LogP contribution in [0.3, 0.4) is 0 Å². The van der Waals surface area contributed by atoms with Crippen LogP contribution in [-0.2, 0) is 12.7 Å². The van der Waals surface area contributed by atoms with Gasteiger partial charge in [0.1, 0.15) is 6.26 Å². The molecule has 1 heterocycles. The molecule has 1 aromatic carbocycles. The Morgan fingerprint density at radius 3 is 2.76 bits per heavy atom. The minimum Gasteiger partial charge on any atom is -0.444 e. The highest BCUT2D eigenvalue weighted by Crippen LogP contribution is 2.35.